The van der Waals surface area contributed by atoms with Crippen LogP contribution in [0.25, 0.3) is 0 Å². The van der Waals surface area contributed by atoms with Crippen LogP contribution in [0.3, 0.4) is 0 Å². The van der Waals surface area contributed by atoms with Gasteiger partial charge in [-0.05, 0) is 51.2 Å². The van der Waals surface area contributed by atoms with Crippen molar-refractivity contribution in [2.45, 2.75) is 66.8 Å². The van der Waals surface area contributed by atoms with E-state index in [-0.39, 0.29) is 0 Å². The van der Waals surface area contributed by atoms with Crippen LogP contribution in [-0.2, 0) is 0 Å². The highest BCUT2D eigenvalue weighted by molar-refractivity contribution is 4.83. The Kier molecular flexibility index (Phi) is 8.89. The predicted octanol–water partition coefficient (Wildman–Crippen LogP) is 3.52. The minimum atomic E-state index is 0.347. The summed E-state index contributed by atoms with van der Waals surface area (Å²) in [6, 6.07) is 0.582. The monoisotopic (exact) mass is 242 g/mol. The van der Waals surface area contributed by atoms with Crippen molar-refractivity contribution in [2.24, 2.45) is 5.41 Å². The van der Waals surface area contributed by atoms with Crippen LogP contribution in [0, 0.1) is 5.41 Å². The van der Waals surface area contributed by atoms with Gasteiger partial charge in [-0.15, -0.1) is 0 Å². The van der Waals surface area contributed by atoms with Gasteiger partial charge in [0.2, 0.25) is 0 Å². The molecule has 0 amide bonds. The molecule has 17 heavy (non-hydrogen) atoms. The van der Waals surface area contributed by atoms with Gasteiger partial charge in [0.1, 0.15) is 0 Å². The van der Waals surface area contributed by atoms with E-state index in [1.54, 1.807) is 0 Å². The molecule has 0 saturated carbocycles. The molecule has 2 heteroatoms. The van der Waals surface area contributed by atoms with E-state index in [2.05, 4.69) is 51.8 Å². The molecule has 2 nitrogen and oxygen atoms in total. The summed E-state index contributed by atoms with van der Waals surface area (Å²) < 4.78 is 0. The Labute approximate surface area is 109 Å². The van der Waals surface area contributed by atoms with Gasteiger partial charge in [-0.2, -0.15) is 0 Å². The largest absolute Gasteiger partial charge is 0.314 e. The summed E-state index contributed by atoms with van der Waals surface area (Å²) in [5.41, 5.74) is 0.347. The minimum absolute atomic E-state index is 0.347. The Hall–Kier alpha value is -0.0800. The Bertz CT molecular complexity index is 172. The predicted molar refractivity (Wildman–Crippen MR) is 78.6 cm³/mol. The SMILES string of the molecule is CCCNC(C)C(C)(C)CN(CCC)CCC. The molecule has 104 valence electrons. The fourth-order valence-corrected chi connectivity index (χ4v) is 2.25. The van der Waals surface area contributed by atoms with E-state index >= 15 is 0 Å². The van der Waals surface area contributed by atoms with Crippen LogP contribution >= 0.6 is 0 Å². The first kappa shape index (κ1) is 16.9. The standard InChI is InChI=1S/C15H34N2/c1-7-10-16-14(4)15(5,6)13-17(11-8-2)12-9-3/h14,16H,7-13H2,1-6H3. The van der Waals surface area contributed by atoms with Crippen molar-refractivity contribution in [3.05, 3.63) is 0 Å². The van der Waals surface area contributed by atoms with Crippen LogP contribution in [0.1, 0.15) is 60.8 Å². The lowest BCUT2D eigenvalue weighted by molar-refractivity contribution is 0.142. The third-order valence-corrected chi connectivity index (χ3v) is 3.58. The molecule has 0 aliphatic rings. The van der Waals surface area contributed by atoms with Crippen LogP contribution in [0.4, 0.5) is 0 Å². The molecule has 0 aromatic heterocycles. The van der Waals surface area contributed by atoms with Gasteiger partial charge in [-0.25, -0.2) is 0 Å². The van der Waals surface area contributed by atoms with Gasteiger partial charge in [0.05, 0.1) is 0 Å². The average Bonchev–Trinajstić information content (AvgIpc) is 2.26. The van der Waals surface area contributed by atoms with Crippen molar-refractivity contribution in [3.63, 3.8) is 0 Å². The third kappa shape index (κ3) is 7.05. The molecule has 1 N–H and O–H groups in total. The van der Waals surface area contributed by atoms with Gasteiger partial charge < -0.3 is 10.2 Å². The van der Waals surface area contributed by atoms with Gasteiger partial charge in [0.25, 0.3) is 0 Å². The number of nitrogens with one attached hydrogen (secondary N) is 1. The zero-order valence-electron chi connectivity index (χ0n) is 13.0. The first-order valence-electron chi connectivity index (χ1n) is 7.43. The van der Waals surface area contributed by atoms with Crippen molar-refractivity contribution in [1.29, 1.82) is 0 Å². The van der Waals surface area contributed by atoms with E-state index in [1.165, 1.54) is 38.9 Å². The summed E-state index contributed by atoms with van der Waals surface area (Å²) in [7, 11) is 0. The summed E-state index contributed by atoms with van der Waals surface area (Å²) in [5, 5.41) is 3.64. The fourth-order valence-electron chi connectivity index (χ4n) is 2.25. The molecule has 0 aromatic carbocycles. The number of rotatable bonds is 10. The van der Waals surface area contributed by atoms with Gasteiger partial charge in [-0.3, -0.25) is 0 Å². The number of hydrogen-bond acceptors (Lipinski definition) is 2. The highest BCUT2D eigenvalue weighted by atomic mass is 15.1. The number of nitrogens with zero attached hydrogens (tertiary/aromatic N) is 1. The van der Waals surface area contributed by atoms with Crippen LogP contribution in [-0.4, -0.2) is 37.1 Å². The summed E-state index contributed by atoms with van der Waals surface area (Å²) in [6.07, 6.45) is 3.73. The fraction of sp³-hybridized carbons (Fsp3) is 1.00. The van der Waals surface area contributed by atoms with Crippen molar-refractivity contribution < 1.29 is 0 Å². The molecule has 0 rings (SSSR count). The summed E-state index contributed by atoms with van der Waals surface area (Å²) >= 11 is 0. The molecule has 0 bridgehead atoms. The Morgan fingerprint density at radius 2 is 1.53 bits per heavy atom. The smallest absolute Gasteiger partial charge is 0.0102 e. The average molecular weight is 242 g/mol. The minimum Gasteiger partial charge on any atom is -0.314 e. The second-order valence-corrected chi connectivity index (χ2v) is 5.94. The van der Waals surface area contributed by atoms with Crippen molar-refractivity contribution >= 4 is 0 Å². The lowest BCUT2D eigenvalue weighted by Crippen LogP contribution is -2.47. The molecular weight excluding hydrogens is 208 g/mol. The lowest BCUT2D eigenvalue weighted by atomic mass is 9.84. The highest BCUT2D eigenvalue weighted by Gasteiger charge is 2.27. The lowest BCUT2D eigenvalue weighted by Gasteiger charge is -2.37. The van der Waals surface area contributed by atoms with E-state index in [4.69, 9.17) is 0 Å². The summed E-state index contributed by atoms with van der Waals surface area (Å²) in [5.74, 6) is 0. The molecule has 0 radical (unpaired) electrons. The maximum atomic E-state index is 3.64. The van der Waals surface area contributed by atoms with Crippen LogP contribution in [0.15, 0.2) is 0 Å². The van der Waals surface area contributed by atoms with E-state index in [0.717, 1.165) is 6.54 Å². The van der Waals surface area contributed by atoms with Crippen LogP contribution in [0.5, 0.6) is 0 Å². The van der Waals surface area contributed by atoms with Gasteiger partial charge >= 0.3 is 0 Å². The molecule has 0 aromatic rings. The third-order valence-electron chi connectivity index (χ3n) is 3.58. The summed E-state index contributed by atoms with van der Waals surface area (Å²) in [6.45, 7) is 18.7. The Morgan fingerprint density at radius 3 is 1.94 bits per heavy atom. The Balaban J connectivity index is 4.25. The highest BCUT2D eigenvalue weighted by Crippen LogP contribution is 2.22. The summed E-state index contributed by atoms with van der Waals surface area (Å²) in [4.78, 5) is 2.62. The molecule has 0 aliphatic carbocycles. The molecule has 1 unspecified atom stereocenters. The molecule has 0 aliphatic heterocycles. The van der Waals surface area contributed by atoms with E-state index < -0.39 is 0 Å². The zero-order chi connectivity index (χ0) is 13.3. The molecule has 0 saturated heterocycles. The first-order valence-corrected chi connectivity index (χ1v) is 7.43. The molecular formula is C15H34N2. The van der Waals surface area contributed by atoms with Gasteiger partial charge in [0.15, 0.2) is 0 Å². The maximum Gasteiger partial charge on any atom is 0.0102 e. The van der Waals surface area contributed by atoms with E-state index in [0.29, 0.717) is 11.5 Å². The van der Waals surface area contributed by atoms with Crippen molar-refractivity contribution in [2.75, 3.05) is 26.2 Å². The van der Waals surface area contributed by atoms with Gasteiger partial charge in [-0.1, -0.05) is 34.6 Å². The molecule has 0 spiro atoms. The van der Waals surface area contributed by atoms with Crippen molar-refractivity contribution in [1.82, 2.24) is 10.2 Å². The second kappa shape index (κ2) is 8.93. The zero-order valence-corrected chi connectivity index (χ0v) is 13.0. The van der Waals surface area contributed by atoms with Crippen molar-refractivity contribution in [3.8, 4) is 0 Å². The quantitative estimate of drug-likeness (QED) is 0.630. The number of hydrogen-bond donors (Lipinski definition) is 1. The van der Waals surface area contributed by atoms with Crippen LogP contribution < -0.4 is 5.32 Å². The first-order chi connectivity index (χ1) is 7.97. The molecule has 1 atom stereocenters. The van der Waals surface area contributed by atoms with Crippen LogP contribution in [0.2, 0.25) is 0 Å². The van der Waals surface area contributed by atoms with E-state index in [1.807, 2.05) is 0 Å². The topological polar surface area (TPSA) is 15.3 Å². The van der Waals surface area contributed by atoms with E-state index in [9.17, 15) is 0 Å². The normalized spacial score (nSPS) is 14.3. The van der Waals surface area contributed by atoms with Gasteiger partial charge in [0, 0.05) is 12.6 Å². The Morgan fingerprint density at radius 1 is 1.00 bits per heavy atom. The molecule has 0 heterocycles. The maximum absolute atomic E-state index is 3.64. The second-order valence-electron chi connectivity index (χ2n) is 5.94. The molecule has 0 fully saturated rings.